The first-order valence-electron chi connectivity index (χ1n) is 5.21. The molecule has 0 fully saturated rings. The lowest BCUT2D eigenvalue weighted by Gasteiger charge is -2.25. The van der Waals surface area contributed by atoms with Gasteiger partial charge in [0.2, 0.25) is 5.91 Å². The van der Waals surface area contributed by atoms with E-state index in [1.165, 1.54) is 0 Å². The molecule has 0 aromatic heterocycles. The number of alkyl halides is 3. The van der Waals surface area contributed by atoms with Crippen LogP contribution in [-0.2, 0) is 4.79 Å². The summed E-state index contributed by atoms with van der Waals surface area (Å²) in [4.78, 5) is 12.2. The molecule has 0 rings (SSSR count). The van der Waals surface area contributed by atoms with Gasteiger partial charge < -0.3 is 10.0 Å². The van der Waals surface area contributed by atoms with Gasteiger partial charge >= 0.3 is 6.18 Å². The van der Waals surface area contributed by atoms with Crippen LogP contribution in [0.4, 0.5) is 13.2 Å². The first kappa shape index (κ1) is 15.2. The molecule has 96 valence electrons. The average Bonchev–Trinajstić information content (AvgIpc) is 2.10. The third kappa shape index (κ3) is 7.50. The Kier molecular flexibility index (Phi) is 6.40. The molecule has 0 heterocycles. The van der Waals surface area contributed by atoms with E-state index >= 15 is 0 Å². The highest BCUT2D eigenvalue weighted by molar-refractivity contribution is 5.76. The maximum absolute atomic E-state index is 12.2. The molecule has 0 saturated carbocycles. The summed E-state index contributed by atoms with van der Waals surface area (Å²) in [6.45, 7) is 2.19. The van der Waals surface area contributed by atoms with Crippen molar-refractivity contribution in [3.8, 4) is 0 Å². The van der Waals surface area contributed by atoms with Crippen LogP contribution in [0.25, 0.3) is 0 Å². The van der Waals surface area contributed by atoms with Gasteiger partial charge in [-0.25, -0.2) is 0 Å². The van der Waals surface area contributed by atoms with Crippen molar-refractivity contribution in [1.82, 2.24) is 4.90 Å². The van der Waals surface area contributed by atoms with Crippen LogP contribution in [0.5, 0.6) is 0 Å². The number of carbonyl (C=O) groups excluding carboxylic acids is 1. The number of amides is 1. The fourth-order valence-electron chi connectivity index (χ4n) is 1.30. The van der Waals surface area contributed by atoms with E-state index in [9.17, 15) is 18.0 Å². The topological polar surface area (TPSA) is 40.5 Å². The van der Waals surface area contributed by atoms with Gasteiger partial charge in [-0.2, -0.15) is 13.2 Å². The van der Waals surface area contributed by atoms with Crippen LogP contribution in [-0.4, -0.2) is 41.8 Å². The second kappa shape index (κ2) is 6.73. The zero-order chi connectivity index (χ0) is 12.8. The van der Waals surface area contributed by atoms with Crippen LogP contribution in [0, 0.1) is 5.92 Å². The van der Waals surface area contributed by atoms with E-state index in [1.54, 1.807) is 13.8 Å². The molecule has 0 unspecified atom stereocenters. The molecule has 1 amide bonds. The second-order valence-corrected chi connectivity index (χ2v) is 4.11. The third-order valence-corrected chi connectivity index (χ3v) is 1.86. The number of aliphatic hydroxyl groups is 1. The number of halogens is 3. The van der Waals surface area contributed by atoms with E-state index in [0.29, 0.717) is 0 Å². The van der Waals surface area contributed by atoms with Crippen molar-refractivity contribution >= 4 is 5.91 Å². The summed E-state index contributed by atoms with van der Waals surface area (Å²) in [5.74, 6) is -0.569. The molecule has 16 heavy (non-hydrogen) atoms. The Morgan fingerprint density at radius 1 is 1.38 bits per heavy atom. The van der Waals surface area contributed by atoms with Crippen LogP contribution < -0.4 is 0 Å². The zero-order valence-electron chi connectivity index (χ0n) is 9.55. The van der Waals surface area contributed by atoms with Crippen molar-refractivity contribution < 1.29 is 23.1 Å². The van der Waals surface area contributed by atoms with Gasteiger partial charge in [-0.15, -0.1) is 0 Å². The van der Waals surface area contributed by atoms with Crippen molar-refractivity contribution in [1.29, 1.82) is 0 Å². The summed E-state index contributed by atoms with van der Waals surface area (Å²) >= 11 is 0. The van der Waals surface area contributed by atoms with Crippen molar-refractivity contribution in [2.75, 3.05) is 19.7 Å². The number of carbonyl (C=O) groups is 1. The molecule has 1 N–H and O–H groups in total. The molecule has 3 nitrogen and oxygen atoms in total. The first-order chi connectivity index (χ1) is 7.26. The molecule has 0 radical (unpaired) electrons. The lowest BCUT2D eigenvalue weighted by Crippen LogP contribution is -2.41. The van der Waals surface area contributed by atoms with Crippen LogP contribution in [0.2, 0.25) is 0 Å². The van der Waals surface area contributed by atoms with Gasteiger partial charge in [-0.3, -0.25) is 4.79 Å². The van der Waals surface area contributed by atoms with Gasteiger partial charge in [0, 0.05) is 19.6 Å². The maximum Gasteiger partial charge on any atom is 0.406 e. The predicted molar refractivity (Wildman–Crippen MR) is 53.8 cm³/mol. The highest BCUT2D eigenvalue weighted by atomic mass is 19.4. The minimum Gasteiger partial charge on any atom is -0.396 e. The van der Waals surface area contributed by atoms with E-state index in [2.05, 4.69) is 0 Å². The Balaban J connectivity index is 4.35. The van der Waals surface area contributed by atoms with E-state index in [1.807, 2.05) is 0 Å². The molecule has 0 aliphatic heterocycles. The Hall–Kier alpha value is -0.780. The summed E-state index contributed by atoms with van der Waals surface area (Å²) in [5.41, 5.74) is 0. The molecule has 6 heteroatoms. The lowest BCUT2D eigenvalue weighted by atomic mass is 10.2. The van der Waals surface area contributed by atoms with Crippen molar-refractivity contribution in [2.24, 2.45) is 5.92 Å². The highest BCUT2D eigenvalue weighted by Gasteiger charge is 2.32. The molecule has 0 bridgehead atoms. The Morgan fingerprint density at radius 2 is 1.94 bits per heavy atom. The van der Waals surface area contributed by atoms with E-state index in [0.717, 1.165) is 4.90 Å². The molecule has 0 spiro atoms. The fourth-order valence-corrected chi connectivity index (χ4v) is 1.30. The number of aliphatic hydroxyl groups excluding tert-OH is 1. The summed E-state index contributed by atoms with van der Waals surface area (Å²) in [6.07, 6.45) is -4.21. The predicted octanol–water partition coefficient (Wildman–Crippen LogP) is 1.81. The minimum absolute atomic E-state index is 0.0135. The second-order valence-electron chi connectivity index (χ2n) is 4.11. The zero-order valence-corrected chi connectivity index (χ0v) is 9.55. The fraction of sp³-hybridized carbons (Fsp3) is 0.900. The quantitative estimate of drug-likeness (QED) is 0.770. The standard InChI is InChI=1S/C10H18F3NO2/c1-8(2)6-14(7-10(11,12)13)9(16)4-3-5-15/h8,15H,3-7H2,1-2H3. The van der Waals surface area contributed by atoms with Crippen molar-refractivity contribution in [3.05, 3.63) is 0 Å². The molecule has 0 saturated heterocycles. The van der Waals surface area contributed by atoms with Crippen LogP contribution in [0.3, 0.4) is 0 Å². The largest absolute Gasteiger partial charge is 0.406 e. The SMILES string of the molecule is CC(C)CN(CC(F)(F)F)C(=O)CCCO. The van der Waals surface area contributed by atoms with E-state index in [-0.39, 0.29) is 31.9 Å². The van der Waals surface area contributed by atoms with Crippen LogP contribution in [0.15, 0.2) is 0 Å². The van der Waals surface area contributed by atoms with Gasteiger partial charge in [0.25, 0.3) is 0 Å². The van der Waals surface area contributed by atoms with Gasteiger partial charge in [0.1, 0.15) is 6.54 Å². The molecule has 0 aliphatic carbocycles. The van der Waals surface area contributed by atoms with Crippen LogP contribution in [0.1, 0.15) is 26.7 Å². The van der Waals surface area contributed by atoms with Gasteiger partial charge in [-0.1, -0.05) is 13.8 Å². The number of hydrogen-bond donors (Lipinski definition) is 1. The molecular formula is C10H18F3NO2. The summed E-state index contributed by atoms with van der Waals surface area (Å²) in [7, 11) is 0. The molecule has 0 aliphatic rings. The van der Waals surface area contributed by atoms with Crippen LogP contribution >= 0.6 is 0 Å². The molecule has 0 aromatic carbocycles. The number of rotatable bonds is 6. The van der Waals surface area contributed by atoms with Gasteiger partial charge in [0.05, 0.1) is 0 Å². The Morgan fingerprint density at radius 3 is 2.31 bits per heavy atom. The maximum atomic E-state index is 12.2. The van der Waals surface area contributed by atoms with Gasteiger partial charge in [0.15, 0.2) is 0 Å². The first-order valence-corrected chi connectivity index (χ1v) is 5.21. The smallest absolute Gasteiger partial charge is 0.396 e. The van der Waals surface area contributed by atoms with E-state index in [4.69, 9.17) is 5.11 Å². The highest BCUT2D eigenvalue weighted by Crippen LogP contribution is 2.18. The average molecular weight is 241 g/mol. The van der Waals surface area contributed by atoms with Gasteiger partial charge in [-0.05, 0) is 12.3 Å². The molecule has 0 aromatic rings. The monoisotopic (exact) mass is 241 g/mol. The summed E-state index contributed by atoms with van der Waals surface area (Å²) in [6, 6.07) is 0. The molecular weight excluding hydrogens is 223 g/mol. The number of hydrogen-bond acceptors (Lipinski definition) is 2. The minimum atomic E-state index is -4.37. The lowest BCUT2D eigenvalue weighted by molar-refractivity contribution is -0.162. The van der Waals surface area contributed by atoms with Crippen molar-refractivity contribution in [2.45, 2.75) is 32.9 Å². The normalized spacial score (nSPS) is 11.9. The number of nitrogens with zero attached hydrogens (tertiary/aromatic N) is 1. The Labute approximate surface area is 93.2 Å². The molecule has 0 atom stereocenters. The summed E-state index contributed by atoms with van der Waals surface area (Å²) in [5, 5.41) is 8.52. The third-order valence-electron chi connectivity index (χ3n) is 1.86. The van der Waals surface area contributed by atoms with E-state index < -0.39 is 18.6 Å². The Bertz CT molecular complexity index is 217. The summed E-state index contributed by atoms with van der Waals surface area (Å²) < 4.78 is 36.6. The van der Waals surface area contributed by atoms with Crippen molar-refractivity contribution in [3.63, 3.8) is 0 Å².